The molecule has 18 heavy (non-hydrogen) atoms. The van der Waals surface area contributed by atoms with Gasteiger partial charge in [-0.2, -0.15) is 0 Å². The lowest BCUT2D eigenvalue weighted by Gasteiger charge is -2.10. The second-order valence-electron chi connectivity index (χ2n) is 4.16. The van der Waals surface area contributed by atoms with Crippen molar-refractivity contribution < 1.29 is 9.59 Å². The van der Waals surface area contributed by atoms with Crippen molar-refractivity contribution in [2.75, 3.05) is 0 Å². The van der Waals surface area contributed by atoms with E-state index >= 15 is 0 Å². The third-order valence-electron chi connectivity index (χ3n) is 2.79. The van der Waals surface area contributed by atoms with Crippen molar-refractivity contribution in [3.8, 4) is 0 Å². The Morgan fingerprint density at radius 3 is 2.44 bits per heavy atom. The predicted molar refractivity (Wildman–Crippen MR) is 70.1 cm³/mol. The lowest BCUT2D eigenvalue weighted by molar-refractivity contribution is -0.119. The summed E-state index contributed by atoms with van der Waals surface area (Å²) in [5.41, 5.74) is 5.61. The molecule has 2 amide bonds. The molecule has 0 saturated carbocycles. The molecule has 0 aliphatic heterocycles. The Morgan fingerprint density at radius 2 is 1.78 bits per heavy atom. The van der Waals surface area contributed by atoms with Crippen molar-refractivity contribution in [3.63, 3.8) is 0 Å². The van der Waals surface area contributed by atoms with Crippen LogP contribution in [-0.2, 0) is 4.79 Å². The van der Waals surface area contributed by atoms with E-state index in [9.17, 15) is 9.59 Å². The fourth-order valence-corrected chi connectivity index (χ4v) is 1.68. The van der Waals surface area contributed by atoms with E-state index in [0.29, 0.717) is 5.56 Å². The van der Waals surface area contributed by atoms with Crippen LogP contribution in [0.25, 0.3) is 10.8 Å². The third kappa shape index (κ3) is 2.48. The van der Waals surface area contributed by atoms with Crippen molar-refractivity contribution in [2.24, 2.45) is 5.73 Å². The maximum absolute atomic E-state index is 11.9. The Hall–Kier alpha value is -2.36. The van der Waals surface area contributed by atoms with E-state index in [1.54, 1.807) is 19.1 Å². The molecule has 4 heteroatoms. The fraction of sp³-hybridized carbons (Fsp3) is 0.143. The van der Waals surface area contributed by atoms with Crippen molar-refractivity contribution >= 4 is 22.6 Å². The standard InChI is InChI=1S/C14H14N2O2/c1-9(13(15)17)16-14(18)12-7-6-10-4-2-3-5-11(10)8-12/h2-9H,1H3,(H2,15,17)(H,16,18)/t9-/m0/s1. The number of carbonyl (C=O) groups excluding carboxylic acids is 2. The molecule has 2 aromatic carbocycles. The van der Waals surface area contributed by atoms with Crippen LogP contribution in [0.2, 0.25) is 0 Å². The number of amides is 2. The van der Waals surface area contributed by atoms with E-state index in [2.05, 4.69) is 5.32 Å². The van der Waals surface area contributed by atoms with Crippen LogP contribution in [-0.4, -0.2) is 17.9 Å². The topological polar surface area (TPSA) is 72.2 Å². The molecular weight excluding hydrogens is 228 g/mol. The maximum Gasteiger partial charge on any atom is 0.251 e. The Labute approximate surface area is 105 Å². The summed E-state index contributed by atoms with van der Waals surface area (Å²) in [5.74, 6) is -0.851. The SMILES string of the molecule is C[C@H](NC(=O)c1ccc2ccccc2c1)C(N)=O. The lowest BCUT2D eigenvalue weighted by Crippen LogP contribution is -2.42. The summed E-state index contributed by atoms with van der Waals surface area (Å²) >= 11 is 0. The second kappa shape index (κ2) is 4.87. The van der Waals surface area contributed by atoms with Crippen LogP contribution < -0.4 is 11.1 Å². The van der Waals surface area contributed by atoms with E-state index in [4.69, 9.17) is 5.73 Å². The summed E-state index contributed by atoms with van der Waals surface area (Å²) < 4.78 is 0. The zero-order chi connectivity index (χ0) is 13.1. The molecule has 4 nitrogen and oxygen atoms in total. The summed E-state index contributed by atoms with van der Waals surface area (Å²) in [6.07, 6.45) is 0. The number of hydrogen-bond donors (Lipinski definition) is 2. The first-order chi connectivity index (χ1) is 8.58. The Balaban J connectivity index is 2.25. The van der Waals surface area contributed by atoms with Gasteiger partial charge in [-0.1, -0.05) is 30.3 Å². The zero-order valence-corrected chi connectivity index (χ0v) is 10.0. The summed E-state index contributed by atoms with van der Waals surface area (Å²) in [7, 11) is 0. The Kier molecular flexibility index (Phi) is 3.28. The summed E-state index contributed by atoms with van der Waals surface area (Å²) in [4.78, 5) is 22.8. The van der Waals surface area contributed by atoms with Crippen LogP contribution in [0.3, 0.4) is 0 Å². The monoisotopic (exact) mass is 242 g/mol. The average molecular weight is 242 g/mol. The summed E-state index contributed by atoms with van der Waals surface area (Å²) in [6.45, 7) is 1.56. The van der Waals surface area contributed by atoms with Crippen LogP contribution in [0.4, 0.5) is 0 Å². The largest absolute Gasteiger partial charge is 0.368 e. The normalized spacial score (nSPS) is 12.1. The number of nitrogens with one attached hydrogen (secondary N) is 1. The van der Waals surface area contributed by atoms with Gasteiger partial charge >= 0.3 is 0 Å². The molecular formula is C14H14N2O2. The van der Waals surface area contributed by atoms with Crippen molar-refractivity contribution in [3.05, 3.63) is 48.0 Å². The summed E-state index contributed by atoms with van der Waals surface area (Å²) in [6, 6.07) is 12.5. The van der Waals surface area contributed by atoms with Gasteiger partial charge in [0.05, 0.1) is 0 Å². The van der Waals surface area contributed by atoms with Gasteiger partial charge in [-0.05, 0) is 29.8 Å². The number of nitrogens with two attached hydrogens (primary N) is 1. The van der Waals surface area contributed by atoms with Crippen LogP contribution >= 0.6 is 0 Å². The van der Waals surface area contributed by atoms with Gasteiger partial charge in [0.25, 0.3) is 5.91 Å². The van der Waals surface area contributed by atoms with Crippen molar-refractivity contribution in [1.82, 2.24) is 5.32 Å². The minimum absolute atomic E-state index is 0.299. The molecule has 0 radical (unpaired) electrons. The van der Waals surface area contributed by atoms with E-state index in [0.717, 1.165) is 10.8 Å². The molecule has 92 valence electrons. The highest BCUT2D eigenvalue weighted by atomic mass is 16.2. The molecule has 0 spiro atoms. The first kappa shape index (κ1) is 12.1. The number of hydrogen-bond acceptors (Lipinski definition) is 2. The van der Waals surface area contributed by atoms with E-state index < -0.39 is 11.9 Å². The molecule has 2 rings (SSSR count). The number of primary amides is 1. The molecule has 2 aromatic rings. The zero-order valence-electron chi connectivity index (χ0n) is 10.0. The van der Waals surface area contributed by atoms with Gasteiger partial charge in [0, 0.05) is 5.56 Å². The van der Waals surface area contributed by atoms with Crippen LogP contribution in [0, 0.1) is 0 Å². The van der Waals surface area contributed by atoms with Gasteiger partial charge in [-0.25, -0.2) is 0 Å². The lowest BCUT2D eigenvalue weighted by atomic mass is 10.1. The van der Waals surface area contributed by atoms with Gasteiger partial charge in [-0.15, -0.1) is 0 Å². The van der Waals surface area contributed by atoms with Gasteiger partial charge < -0.3 is 11.1 Å². The van der Waals surface area contributed by atoms with Crippen LogP contribution in [0.5, 0.6) is 0 Å². The van der Waals surface area contributed by atoms with Crippen LogP contribution in [0.15, 0.2) is 42.5 Å². The van der Waals surface area contributed by atoms with Crippen molar-refractivity contribution in [1.29, 1.82) is 0 Å². The number of benzene rings is 2. The predicted octanol–water partition coefficient (Wildman–Crippen LogP) is 1.44. The maximum atomic E-state index is 11.9. The molecule has 3 N–H and O–H groups in total. The smallest absolute Gasteiger partial charge is 0.251 e. The van der Waals surface area contributed by atoms with Gasteiger partial charge in [0.2, 0.25) is 5.91 Å². The minimum atomic E-state index is -0.677. The minimum Gasteiger partial charge on any atom is -0.368 e. The third-order valence-corrected chi connectivity index (χ3v) is 2.79. The van der Waals surface area contributed by atoms with Gasteiger partial charge in [0.1, 0.15) is 6.04 Å². The number of carbonyl (C=O) groups is 2. The molecule has 0 aromatic heterocycles. The first-order valence-corrected chi connectivity index (χ1v) is 5.67. The van der Waals surface area contributed by atoms with Gasteiger partial charge in [0.15, 0.2) is 0 Å². The fourth-order valence-electron chi connectivity index (χ4n) is 1.68. The quantitative estimate of drug-likeness (QED) is 0.854. The molecule has 0 aliphatic carbocycles. The number of fused-ring (bicyclic) bond motifs is 1. The Bertz CT molecular complexity index is 608. The molecule has 0 fully saturated rings. The van der Waals surface area contributed by atoms with Gasteiger partial charge in [-0.3, -0.25) is 9.59 Å². The number of rotatable bonds is 3. The molecule has 0 unspecified atom stereocenters. The molecule has 0 bridgehead atoms. The highest BCUT2D eigenvalue weighted by molar-refractivity contribution is 6.00. The first-order valence-electron chi connectivity index (χ1n) is 5.67. The van der Waals surface area contributed by atoms with Crippen molar-refractivity contribution in [2.45, 2.75) is 13.0 Å². The molecule has 0 saturated heterocycles. The molecule has 0 heterocycles. The Morgan fingerprint density at radius 1 is 1.11 bits per heavy atom. The highest BCUT2D eigenvalue weighted by Crippen LogP contribution is 2.15. The van der Waals surface area contributed by atoms with Crippen LogP contribution in [0.1, 0.15) is 17.3 Å². The average Bonchev–Trinajstić information content (AvgIpc) is 2.37. The van der Waals surface area contributed by atoms with E-state index in [1.165, 1.54) is 0 Å². The molecule has 0 aliphatic rings. The summed E-state index contributed by atoms with van der Waals surface area (Å²) in [5, 5.41) is 4.60. The highest BCUT2D eigenvalue weighted by Gasteiger charge is 2.13. The molecule has 1 atom stereocenters. The van der Waals surface area contributed by atoms with E-state index in [1.807, 2.05) is 30.3 Å². The second-order valence-corrected chi connectivity index (χ2v) is 4.16. The van der Waals surface area contributed by atoms with E-state index in [-0.39, 0.29) is 5.91 Å².